The first-order valence-corrected chi connectivity index (χ1v) is 11.3. The number of pyridine rings is 1. The van der Waals surface area contributed by atoms with Gasteiger partial charge in [0.1, 0.15) is 4.90 Å². The summed E-state index contributed by atoms with van der Waals surface area (Å²) in [6.45, 7) is 1.45. The van der Waals surface area contributed by atoms with Gasteiger partial charge in [-0.15, -0.1) is 0 Å². The fourth-order valence-corrected chi connectivity index (χ4v) is 4.72. The van der Waals surface area contributed by atoms with E-state index in [1.807, 2.05) is 0 Å². The van der Waals surface area contributed by atoms with Crippen molar-refractivity contribution in [3.8, 4) is 0 Å². The molecule has 33 heavy (non-hydrogen) atoms. The van der Waals surface area contributed by atoms with Gasteiger partial charge in [0, 0.05) is 43.8 Å². The Morgan fingerprint density at radius 3 is 2.52 bits per heavy atom. The topological polar surface area (TPSA) is 84.3 Å². The molecule has 2 aromatic heterocycles. The highest BCUT2D eigenvalue weighted by molar-refractivity contribution is 7.90. The number of aryl methyl sites for hydroxylation is 1. The summed E-state index contributed by atoms with van der Waals surface area (Å²) in [4.78, 5) is 17.9. The van der Waals surface area contributed by atoms with Gasteiger partial charge in [0.25, 0.3) is 15.9 Å². The predicted octanol–water partition coefficient (Wildman–Crippen LogP) is 4.31. The maximum absolute atomic E-state index is 14.4. The minimum Gasteiger partial charge on any atom is -0.353 e. The number of rotatable bonds is 5. The van der Waals surface area contributed by atoms with Gasteiger partial charge in [0.05, 0.1) is 16.8 Å². The van der Waals surface area contributed by atoms with Crippen LogP contribution in [-0.2, 0) is 10.0 Å². The summed E-state index contributed by atoms with van der Waals surface area (Å²) >= 11 is 0. The Balaban J connectivity index is 1.90. The van der Waals surface area contributed by atoms with Crippen molar-refractivity contribution in [2.75, 3.05) is 19.4 Å². The zero-order valence-electron chi connectivity index (χ0n) is 18.0. The van der Waals surface area contributed by atoms with Crippen LogP contribution in [0.1, 0.15) is 15.9 Å². The average Bonchev–Trinajstić information content (AvgIpc) is 3.19. The SMILES string of the molecule is Cc1ccc(Nc2ccc3c(C(=O)N(C)C)cn(S(=O)(=O)c4cccnc4)c3c2)c(F)c1F. The third kappa shape index (κ3) is 3.93. The number of nitrogens with one attached hydrogen (secondary N) is 1. The van der Waals surface area contributed by atoms with E-state index < -0.39 is 21.7 Å². The second-order valence-corrected chi connectivity index (χ2v) is 9.46. The molecule has 2 aromatic carbocycles. The van der Waals surface area contributed by atoms with Crippen molar-refractivity contribution < 1.29 is 22.0 Å². The molecule has 0 aliphatic carbocycles. The monoisotopic (exact) mass is 470 g/mol. The molecule has 2 heterocycles. The Bertz CT molecular complexity index is 1480. The van der Waals surface area contributed by atoms with E-state index in [0.717, 1.165) is 3.97 Å². The molecule has 10 heteroatoms. The number of fused-ring (bicyclic) bond motifs is 1. The van der Waals surface area contributed by atoms with Gasteiger partial charge in [0.2, 0.25) is 0 Å². The fraction of sp³-hybridized carbons (Fsp3) is 0.130. The molecule has 4 aromatic rings. The molecule has 0 saturated carbocycles. The summed E-state index contributed by atoms with van der Waals surface area (Å²) in [7, 11) is -0.970. The molecular weight excluding hydrogens is 450 g/mol. The molecule has 0 atom stereocenters. The lowest BCUT2D eigenvalue weighted by Crippen LogP contribution is -2.21. The Kier molecular flexibility index (Phi) is 5.62. The van der Waals surface area contributed by atoms with E-state index in [-0.39, 0.29) is 33.1 Å². The Morgan fingerprint density at radius 1 is 1.09 bits per heavy atom. The number of aromatic nitrogens is 2. The highest BCUT2D eigenvalue weighted by Crippen LogP contribution is 2.31. The number of carbonyl (C=O) groups excluding carboxylic acids is 1. The number of halogens is 2. The van der Waals surface area contributed by atoms with Gasteiger partial charge in [-0.25, -0.2) is 21.2 Å². The summed E-state index contributed by atoms with van der Waals surface area (Å²) in [6, 6.07) is 10.3. The first-order valence-electron chi connectivity index (χ1n) is 9.85. The highest BCUT2D eigenvalue weighted by atomic mass is 32.2. The van der Waals surface area contributed by atoms with Crippen molar-refractivity contribution in [2.45, 2.75) is 11.8 Å². The van der Waals surface area contributed by atoms with Gasteiger partial charge >= 0.3 is 0 Å². The first kappa shape index (κ1) is 22.4. The summed E-state index contributed by atoms with van der Waals surface area (Å²) in [5.74, 6) is -2.40. The van der Waals surface area contributed by atoms with Gasteiger partial charge in [-0.1, -0.05) is 6.07 Å². The highest BCUT2D eigenvalue weighted by Gasteiger charge is 2.25. The zero-order chi connectivity index (χ0) is 23.9. The number of carbonyl (C=O) groups is 1. The lowest BCUT2D eigenvalue weighted by molar-refractivity contribution is 0.0829. The van der Waals surface area contributed by atoms with Crippen LogP contribution in [0.15, 0.2) is 66.0 Å². The first-order chi connectivity index (χ1) is 15.6. The second kappa shape index (κ2) is 8.28. The summed E-state index contributed by atoms with van der Waals surface area (Å²) < 4.78 is 56.0. The molecule has 170 valence electrons. The van der Waals surface area contributed by atoms with Crippen LogP contribution < -0.4 is 5.32 Å². The average molecular weight is 471 g/mol. The van der Waals surface area contributed by atoms with Crippen LogP contribution in [-0.4, -0.2) is 42.3 Å². The second-order valence-electron chi connectivity index (χ2n) is 7.65. The maximum Gasteiger partial charge on any atom is 0.269 e. The van der Waals surface area contributed by atoms with Crippen molar-refractivity contribution in [3.05, 3.63) is 83.8 Å². The van der Waals surface area contributed by atoms with E-state index in [1.54, 1.807) is 26.2 Å². The Hall–Kier alpha value is -3.79. The molecule has 1 N–H and O–H groups in total. The smallest absolute Gasteiger partial charge is 0.269 e. The molecule has 0 bridgehead atoms. The summed E-state index contributed by atoms with van der Waals surface area (Å²) in [5, 5.41) is 3.17. The molecule has 4 rings (SSSR count). The lowest BCUT2D eigenvalue weighted by atomic mass is 10.1. The Labute approximate surface area is 189 Å². The van der Waals surface area contributed by atoms with E-state index >= 15 is 0 Å². The summed E-state index contributed by atoms with van der Waals surface area (Å²) in [5.41, 5.74) is 0.755. The van der Waals surface area contributed by atoms with Crippen molar-refractivity contribution in [1.29, 1.82) is 0 Å². The van der Waals surface area contributed by atoms with Gasteiger partial charge in [-0.3, -0.25) is 9.78 Å². The van der Waals surface area contributed by atoms with E-state index in [0.29, 0.717) is 11.1 Å². The van der Waals surface area contributed by atoms with Crippen molar-refractivity contribution in [3.63, 3.8) is 0 Å². The van der Waals surface area contributed by atoms with Crippen LogP contribution in [0.2, 0.25) is 0 Å². The number of hydrogen-bond donors (Lipinski definition) is 1. The third-order valence-corrected chi connectivity index (χ3v) is 6.81. The number of amides is 1. The van der Waals surface area contributed by atoms with Crippen LogP contribution in [0.25, 0.3) is 10.9 Å². The molecule has 0 aliphatic rings. The number of anilines is 2. The zero-order valence-corrected chi connectivity index (χ0v) is 18.8. The molecule has 0 saturated heterocycles. The normalized spacial score (nSPS) is 11.5. The molecule has 7 nitrogen and oxygen atoms in total. The van der Waals surface area contributed by atoms with Gasteiger partial charge < -0.3 is 10.2 Å². The molecule has 0 fully saturated rings. The van der Waals surface area contributed by atoms with E-state index in [9.17, 15) is 22.0 Å². The standard InChI is InChI=1S/C23H20F2N4O3S/c1-14-6-9-19(22(25)21(14)24)27-15-7-8-17-18(23(30)28(2)3)13-29(20(17)11-15)33(31,32)16-5-4-10-26-12-16/h4-13,27H,1-3H3. The van der Waals surface area contributed by atoms with Gasteiger partial charge in [-0.05, 0) is 48.9 Å². The third-order valence-electron chi connectivity index (χ3n) is 5.15. The van der Waals surface area contributed by atoms with E-state index in [2.05, 4.69) is 10.3 Å². The van der Waals surface area contributed by atoms with Crippen molar-refractivity contribution >= 4 is 38.2 Å². The summed E-state index contributed by atoms with van der Waals surface area (Å²) in [6.07, 6.45) is 3.91. The van der Waals surface area contributed by atoms with Gasteiger partial charge in [-0.2, -0.15) is 0 Å². The Morgan fingerprint density at radius 2 is 1.85 bits per heavy atom. The van der Waals surface area contributed by atoms with Gasteiger partial charge in [0.15, 0.2) is 11.6 Å². The van der Waals surface area contributed by atoms with Crippen LogP contribution in [0.4, 0.5) is 20.2 Å². The molecule has 0 radical (unpaired) electrons. The molecule has 0 spiro atoms. The van der Waals surface area contributed by atoms with Crippen LogP contribution in [0, 0.1) is 18.6 Å². The molecular formula is C23H20F2N4O3S. The molecule has 0 aliphatic heterocycles. The quantitative estimate of drug-likeness (QED) is 0.470. The van der Waals surface area contributed by atoms with E-state index in [1.165, 1.54) is 60.7 Å². The van der Waals surface area contributed by atoms with Crippen LogP contribution >= 0.6 is 0 Å². The fourth-order valence-electron chi connectivity index (χ4n) is 3.40. The van der Waals surface area contributed by atoms with Crippen LogP contribution in [0.5, 0.6) is 0 Å². The molecule has 1 amide bonds. The number of benzene rings is 2. The van der Waals surface area contributed by atoms with Crippen molar-refractivity contribution in [1.82, 2.24) is 13.9 Å². The maximum atomic E-state index is 14.4. The predicted molar refractivity (Wildman–Crippen MR) is 121 cm³/mol. The van der Waals surface area contributed by atoms with E-state index in [4.69, 9.17) is 0 Å². The number of nitrogens with zero attached hydrogens (tertiary/aromatic N) is 3. The molecule has 0 unspecified atom stereocenters. The van der Waals surface area contributed by atoms with Crippen LogP contribution in [0.3, 0.4) is 0 Å². The number of hydrogen-bond acceptors (Lipinski definition) is 5. The lowest BCUT2D eigenvalue weighted by Gasteiger charge is -2.11. The minimum atomic E-state index is -4.09. The minimum absolute atomic E-state index is 0.0595. The largest absolute Gasteiger partial charge is 0.353 e. The van der Waals surface area contributed by atoms with Crippen molar-refractivity contribution in [2.24, 2.45) is 0 Å².